The number of hydrogen-bond donors (Lipinski definition) is 1. The van der Waals surface area contributed by atoms with Crippen molar-refractivity contribution in [1.82, 2.24) is 0 Å². The minimum atomic E-state index is -0.578. The van der Waals surface area contributed by atoms with E-state index in [0.29, 0.717) is 11.8 Å². The molecule has 0 unspecified atom stereocenters. The van der Waals surface area contributed by atoms with Crippen molar-refractivity contribution in [2.45, 2.75) is 72.1 Å². The van der Waals surface area contributed by atoms with Crippen LogP contribution in [0.1, 0.15) is 72.1 Å². The fourth-order valence-corrected chi connectivity index (χ4v) is 6.22. The van der Waals surface area contributed by atoms with Crippen LogP contribution in [-0.4, -0.2) is 11.1 Å². The summed E-state index contributed by atoms with van der Waals surface area (Å²) in [4.78, 5) is 12.1. The van der Waals surface area contributed by atoms with E-state index in [2.05, 4.69) is 32.6 Å². The first-order valence-electron chi connectivity index (χ1n) is 9.39. The molecule has 0 amide bonds. The van der Waals surface area contributed by atoms with Crippen LogP contribution in [0.2, 0.25) is 0 Å². The van der Waals surface area contributed by atoms with Crippen LogP contribution in [-0.2, 0) is 4.79 Å². The Hall–Kier alpha value is -1.05. The van der Waals surface area contributed by atoms with Crippen molar-refractivity contribution in [3.05, 3.63) is 24.3 Å². The summed E-state index contributed by atoms with van der Waals surface area (Å²) in [5.74, 6) is 0.367. The SMILES string of the molecule is C=C[C@@]1(C)CC=C2[C@@H](CC[C@H]3[C@@]2(CC)CCC[C@@]3(C)C(=O)O)C1. The number of carbonyl (C=O) groups is 1. The van der Waals surface area contributed by atoms with E-state index in [0.717, 1.165) is 38.5 Å². The second-order valence-electron chi connectivity index (χ2n) is 8.84. The highest BCUT2D eigenvalue weighted by atomic mass is 16.4. The van der Waals surface area contributed by atoms with Crippen LogP contribution in [0.15, 0.2) is 24.3 Å². The predicted molar refractivity (Wildman–Crippen MR) is 94.2 cm³/mol. The Balaban J connectivity index is 2.04. The molecular formula is C21H32O2. The summed E-state index contributed by atoms with van der Waals surface area (Å²) in [6.07, 6.45) is 13.3. The van der Waals surface area contributed by atoms with Gasteiger partial charge in [-0.3, -0.25) is 4.79 Å². The Kier molecular flexibility index (Phi) is 4.01. The zero-order chi connectivity index (χ0) is 16.9. The molecule has 0 aromatic heterocycles. The van der Waals surface area contributed by atoms with Crippen molar-refractivity contribution in [2.75, 3.05) is 0 Å². The third kappa shape index (κ3) is 2.32. The van der Waals surface area contributed by atoms with Crippen LogP contribution in [0.4, 0.5) is 0 Å². The quantitative estimate of drug-likeness (QED) is 0.688. The molecule has 23 heavy (non-hydrogen) atoms. The Bertz CT molecular complexity index is 548. The first kappa shape index (κ1) is 16.8. The summed E-state index contributed by atoms with van der Waals surface area (Å²) >= 11 is 0. The monoisotopic (exact) mass is 316 g/mol. The molecule has 1 N–H and O–H groups in total. The number of rotatable bonds is 3. The lowest BCUT2D eigenvalue weighted by atomic mass is 9.44. The van der Waals surface area contributed by atoms with Gasteiger partial charge in [0.1, 0.15) is 0 Å². The van der Waals surface area contributed by atoms with Gasteiger partial charge in [0.25, 0.3) is 0 Å². The predicted octanol–water partition coefficient (Wildman–Crippen LogP) is 5.60. The van der Waals surface area contributed by atoms with Crippen LogP contribution in [0, 0.1) is 28.1 Å². The third-order valence-electron chi connectivity index (χ3n) is 7.69. The van der Waals surface area contributed by atoms with Crippen LogP contribution < -0.4 is 0 Å². The zero-order valence-corrected chi connectivity index (χ0v) is 15.0. The van der Waals surface area contributed by atoms with Gasteiger partial charge >= 0.3 is 5.97 Å². The van der Waals surface area contributed by atoms with E-state index in [1.165, 1.54) is 12.8 Å². The summed E-state index contributed by atoms with van der Waals surface area (Å²) in [5, 5.41) is 9.93. The second kappa shape index (κ2) is 5.50. The number of carboxylic acids is 1. The molecule has 5 atom stereocenters. The van der Waals surface area contributed by atoms with Crippen molar-refractivity contribution < 1.29 is 9.90 Å². The molecule has 0 heterocycles. The number of allylic oxidation sites excluding steroid dienone is 3. The molecule has 0 aliphatic heterocycles. The van der Waals surface area contributed by atoms with Gasteiger partial charge in [0.15, 0.2) is 0 Å². The van der Waals surface area contributed by atoms with E-state index in [9.17, 15) is 9.90 Å². The second-order valence-corrected chi connectivity index (χ2v) is 8.84. The number of hydrogen-bond acceptors (Lipinski definition) is 1. The van der Waals surface area contributed by atoms with E-state index in [-0.39, 0.29) is 10.8 Å². The maximum absolute atomic E-state index is 12.1. The van der Waals surface area contributed by atoms with Gasteiger partial charge in [0.05, 0.1) is 5.41 Å². The van der Waals surface area contributed by atoms with Gasteiger partial charge in [-0.1, -0.05) is 38.0 Å². The molecule has 128 valence electrons. The first-order chi connectivity index (χ1) is 10.8. The molecule has 2 saturated carbocycles. The third-order valence-corrected chi connectivity index (χ3v) is 7.69. The van der Waals surface area contributed by atoms with Crippen molar-refractivity contribution in [1.29, 1.82) is 0 Å². The average molecular weight is 316 g/mol. The normalized spacial score (nSPS) is 46.3. The average Bonchev–Trinajstić information content (AvgIpc) is 2.54. The molecule has 3 rings (SSSR count). The van der Waals surface area contributed by atoms with E-state index in [1.54, 1.807) is 5.57 Å². The summed E-state index contributed by atoms with van der Waals surface area (Å²) in [7, 11) is 0. The molecule has 0 radical (unpaired) electrons. The van der Waals surface area contributed by atoms with Gasteiger partial charge in [0.2, 0.25) is 0 Å². The van der Waals surface area contributed by atoms with E-state index >= 15 is 0 Å². The highest BCUT2D eigenvalue weighted by molar-refractivity contribution is 5.75. The van der Waals surface area contributed by atoms with Crippen LogP contribution in [0.3, 0.4) is 0 Å². The van der Waals surface area contributed by atoms with Crippen LogP contribution in [0.25, 0.3) is 0 Å². The summed E-state index contributed by atoms with van der Waals surface area (Å²) in [6.45, 7) is 10.7. The lowest BCUT2D eigenvalue weighted by molar-refractivity contribution is -0.161. The molecule has 0 aromatic rings. The zero-order valence-electron chi connectivity index (χ0n) is 15.0. The maximum atomic E-state index is 12.1. The smallest absolute Gasteiger partial charge is 0.309 e. The summed E-state index contributed by atoms with van der Waals surface area (Å²) in [5.41, 5.74) is 1.43. The van der Waals surface area contributed by atoms with Crippen LogP contribution >= 0.6 is 0 Å². The van der Waals surface area contributed by atoms with E-state index in [1.807, 2.05) is 6.92 Å². The first-order valence-corrected chi connectivity index (χ1v) is 9.39. The topological polar surface area (TPSA) is 37.3 Å². The Morgan fingerprint density at radius 2 is 2.13 bits per heavy atom. The maximum Gasteiger partial charge on any atom is 0.309 e. The standard InChI is InChI=1S/C21H32O2/c1-5-19(3)13-10-16-15(14-19)8-9-17-20(4,18(22)23)11-7-12-21(16,17)6-2/h5,10,15,17H,1,6-9,11-14H2,2-4H3,(H,22,23)/t15-,17+,19-,20+,21-/m0/s1. The van der Waals surface area contributed by atoms with E-state index < -0.39 is 11.4 Å². The Morgan fingerprint density at radius 3 is 2.74 bits per heavy atom. The van der Waals surface area contributed by atoms with Gasteiger partial charge in [0, 0.05) is 0 Å². The summed E-state index contributed by atoms with van der Waals surface area (Å²) < 4.78 is 0. The minimum absolute atomic E-state index is 0.136. The molecule has 0 aromatic carbocycles. The fourth-order valence-electron chi connectivity index (χ4n) is 6.22. The van der Waals surface area contributed by atoms with Gasteiger partial charge in [-0.2, -0.15) is 0 Å². The number of aliphatic carboxylic acids is 1. The van der Waals surface area contributed by atoms with Crippen LogP contribution in [0.5, 0.6) is 0 Å². The molecule has 2 heteroatoms. The van der Waals surface area contributed by atoms with E-state index in [4.69, 9.17) is 0 Å². The van der Waals surface area contributed by atoms with Gasteiger partial charge in [-0.05, 0) is 74.5 Å². The Morgan fingerprint density at radius 1 is 1.39 bits per heavy atom. The van der Waals surface area contributed by atoms with Crippen molar-refractivity contribution in [2.24, 2.45) is 28.1 Å². The highest BCUT2D eigenvalue weighted by Gasteiger charge is 2.58. The van der Waals surface area contributed by atoms with Gasteiger partial charge < -0.3 is 5.11 Å². The summed E-state index contributed by atoms with van der Waals surface area (Å²) in [6, 6.07) is 0. The number of fused-ring (bicyclic) bond motifs is 3. The Labute approximate surface area is 141 Å². The lowest BCUT2D eigenvalue weighted by Gasteiger charge is -2.59. The lowest BCUT2D eigenvalue weighted by Crippen LogP contribution is -2.53. The molecule has 0 spiro atoms. The fraction of sp³-hybridized carbons (Fsp3) is 0.762. The molecular weight excluding hydrogens is 284 g/mol. The minimum Gasteiger partial charge on any atom is -0.481 e. The molecule has 0 bridgehead atoms. The number of carboxylic acid groups (broad SMARTS) is 1. The molecule has 3 aliphatic carbocycles. The largest absolute Gasteiger partial charge is 0.481 e. The molecule has 2 nitrogen and oxygen atoms in total. The molecule has 3 aliphatic rings. The van der Waals surface area contributed by atoms with Crippen molar-refractivity contribution in [3.63, 3.8) is 0 Å². The van der Waals surface area contributed by atoms with Gasteiger partial charge in [-0.15, -0.1) is 6.58 Å². The highest BCUT2D eigenvalue weighted by Crippen LogP contribution is 2.65. The van der Waals surface area contributed by atoms with Crippen molar-refractivity contribution >= 4 is 5.97 Å². The molecule has 2 fully saturated rings. The van der Waals surface area contributed by atoms with Gasteiger partial charge in [-0.25, -0.2) is 0 Å². The van der Waals surface area contributed by atoms with Crippen molar-refractivity contribution in [3.8, 4) is 0 Å². The molecule has 0 saturated heterocycles.